The topological polar surface area (TPSA) is 130 Å². The fourth-order valence-electron chi connectivity index (χ4n) is 5.28. The summed E-state index contributed by atoms with van der Waals surface area (Å²) in [5, 5.41) is 0.891. The van der Waals surface area contributed by atoms with Crippen molar-refractivity contribution in [2.75, 3.05) is 18.0 Å². The maximum absolute atomic E-state index is 14.3. The van der Waals surface area contributed by atoms with Crippen molar-refractivity contribution < 1.29 is 0 Å². The van der Waals surface area contributed by atoms with E-state index in [0.29, 0.717) is 12.5 Å². The number of pyridine rings is 1. The highest BCUT2D eigenvalue weighted by Gasteiger charge is 2.27. The Labute approximate surface area is 243 Å². The minimum Gasteiger partial charge on any atom is -0.341 e. The van der Waals surface area contributed by atoms with Gasteiger partial charge < -0.3 is 10.6 Å². The zero-order valence-electron chi connectivity index (χ0n) is 24.2. The van der Waals surface area contributed by atoms with Crippen LogP contribution in [0.1, 0.15) is 44.7 Å². The molecule has 11 nitrogen and oxygen atoms in total. The highest BCUT2D eigenvalue weighted by Crippen LogP contribution is 2.22. The van der Waals surface area contributed by atoms with Crippen LogP contribution in [0.25, 0.3) is 21.9 Å². The molecule has 1 aromatic carbocycles. The predicted octanol–water partition coefficient (Wildman–Crippen LogP) is 2.77. The smallest absolute Gasteiger partial charge is 0.293 e. The molecule has 5 heterocycles. The number of nitrogens with zero attached hydrogens (tertiary/aromatic N) is 8. The fourth-order valence-corrected chi connectivity index (χ4v) is 5.28. The minimum absolute atomic E-state index is 0.00474. The van der Waals surface area contributed by atoms with Gasteiger partial charge in [-0.2, -0.15) is 0 Å². The third-order valence-electron chi connectivity index (χ3n) is 7.23. The lowest BCUT2D eigenvalue weighted by molar-refractivity contribution is 0.470. The average Bonchev–Trinajstić information content (AvgIpc) is 3.42. The molecule has 216 valence electrons. The predicted molar refractivity (Wildman–Crippen MR) is 164 cm³/mol. The Kier molecular flexibility index (Phi) is 8.74. The second-order valence-corrected chi connectivity index (χ2v) is 9.97. The number of hydrogen-bond acceptors (Lipinski definition) is 8. The Morgan fingerprint density at radius 1 is 1.02 bits per heavy atom. The summed E-state index contributed by atoms with van der Waals surface area (Å²) in [4.78, 5) is 47.9. The molecule has 1 aliphatic heterocycles. The summed E-state index contributed by atoms with van der Waals surface area (Å²) in [6.07, 6.45) is 8.42. The third kappa shape index (κ3) is 5.66. The number of imidazole rings is 1. The Bertz CT molecular complexity index is 1880. The van der Waals surface area contributed by atoms with Crippen molar-refractivity contribution >= 4 is 27.9 Å². The summed E-state index contributed by atoms with van der Waals surface area (Å²) in [5.41, 5.74) is 8.35. The van der Waals surface area contributed by atoms with Gasteiger partial charge >= 0.3 is 0 Å². The number of nitrogens with two attached hydrogens (primary N) is 1. The number of benzene rings is 1. The number of aromatic nitrogens is 7. The van der Waals surface area contributed by atoms with E-state index in [1.54, 1.807) is 36.1 Å². The molecule has 5 aromatic rings. The zero-order chi connectivity index (χ0) is 29.6. The molecule has 1 saturated heterocycles. The van der Waals surface area contributed by atoms with Crippen LogP contribution in [-0.4, -0.2) is 53.0 Å². The molecule has 1 aliphatic rings. The van der Waals surface area contributed by atoms with E-state index in [-0.39, 0.29) is 47.8 Å². The molecular weight excluding hydrogens is 530 g/mol. The van der Waals surface area contributed by atoms with Gasteiger partial charge in [0.05, 0.1) is 25.2 Å². The summed E-state index contributed by atoms with van der Waals surface area (Å²) in [5.74, 6) is 6.52. The molecule has 1 unspecified atom stereocenters. The molecule has 4 aromatic heterocycles. The molecule has 0 bridgehead atoms. The molecule has 11 heteroatoms. The van der Waals surface area contributed by atoms with Gasteiger partial charge in [-0.3, -0.25) is 19.1 Å². The van der Waals surface area contributed by atoms with Gasteiger partial charge in [0, 0.05) is 43.1 Å². The lowest BCUT2D eigenvalue weighted by Crippen LogP contribution is -2.44. The summed E-state index contributed by atoms with van der Waals surface area (Å²) in [6.45, 7) is 7.66. The number of piperidine rings is 1. The van der Waals surface area contributed by atoms with E-state index in [0.717, 1.165) is 41.4 Å². The van der Waals surface area contributed by atoms with E-state index in [1.807, 2.05) is 38.1 Å². The van der Waals surface area contributed by atoms with Gasteiger partial charge in [-0.1, -0.05) is 38.0 Å². The average molecular weight is 566 g/mol. The highest BCUT2D eigenvalue weighted by atomic mass is 16.2. The minimum atomic E-state index is -0.354. The van der Waals surface area contributed by atoms with E-state index in [2.05, 4.69) is 31.7 Å². The lowest BCUT2D eigenvalue weighted by Gasteiger charge is -2.31. The highest BCUT2D eigenvalue weighted by molar-refractivity contribution is 5.78. The van der Waals surface area contributed by atoms with Gasteiger partial charge in [-0.25, -0.2) is 24.3 Å². The van der Waals surface area contributed by atoms with E-state index in [9.17, 15) is 9.59 Å². The van der Waals surface area contributed by atoms with Crippen LogP contribution in [0.5, 0.6) is 0 Å². The number of anilines is 1. The number of rotatable bonds is 6. The maximum Gasteiger partial charge on any atom is 0.293 e. The van der Waals surface area contributed by atoms with E-state index >= 15 is 0 Å². The van der Waals surface area contributed by atoms with Crippen molar-refractivity contribution in [3.05, 3.63) is 87.1 Å². The van der Waals surface area contributed by atoms with Crippen LogP contribution in [-0.2, 0) is 19.6 Å². The van der Waals surface area contributed by atoms with Crippen LogP contribution >= 0.6 is 0 Å². The molecule has 6 rings (SSSR count). The SMILES string of the molecule is CC.CC#CCn1c(N2CCCC(N)C2)nc2c(=O)n(Cc3cccnc3)n(Cc3ccc4cncnc4c3)c(=O)c21. The second kappa shape index (κ2) is 12.8. The molecule has 0 spiro atoms. The van der Waals surface area contributed by atoms with Crippen molar-refractivity contribution in [3.63, 3.8) is 0 Å². The van der Waals surface area contributed by atoms with Gasteiger partial charge in [0.1, 0.15) is 11.8 Å². The van der Waals surface area contributed by atoms with E-state index < -0.39 is 0 Å². The molecule has 0 saturated carbocycles. The van der Waals surface area contributed by atoms with Gasteiger partial charge in [0.25, 0.3) is 11.1 Å². The van der Waals surface area contributed by atoms with Crippen LogP contribution in [0.4, 0.5) is 5.95 Å². The summed E-state index contributed by atoms with van der Waals surface area (Å²) < 4.78 is 4.72. The lowest BCUT2D eigenvalue weighted by atomic mass is 10.1. The largest absolute Gasteiger partial charge is 0.341 e. The monoisotopic (exact) mass is 565 g/mol. The molecule has 42 heavy (non-hydrogen) atoms. The quantitative estimate of drug-likeness (QED) is 0.311. The van der Waals surface area contributed by atoms with Crippen molar-refractivity contribution in [2.45, 2.75) is 59.3 Å². The van der Waals surface area contributed by atoms with Crippen molar-refractivity contribution in [2.24, 2.45) is 5.73 Å². The molecule has 1 atom stereocenters. The molecule has 0 aliphatic carbocycles. The van der Waals surface area contributed by atoms with Gasteiger partial charge in [0.2, 0.25) is 5.95 Å². The fraction of sp³-hybridized carbons (Fsp3) is 0.355. The van der Waals surface area contributed by atoms with Crippen molar-refractivity contribution in [1.82, 2.24) is 33.9 Å². The van der Waals surface area contributed by atoms with E-state index in [4.69, 9.17) is 10.7 Å². The summed E-state index contributed by atoms with van der Waals surface area (Å²) in [7, 11) is 0. The first-order valence-corrected chi connectivity index (χ1v) is 14.3. The van der Waals surface area contributed by atoms with Crippen LogP contribution in [0.15, 0.2) is 64.8 Å². The Hall–Kier alpha value is -4.82. The zero-order valence-corrected chi connectivity index (χ0v) is 24.2. The van der Waals surface area contributed by atoms with Crippen LogP contribution in [0.2, 0.25) is 0 Å². The van der Waals surface area contributed by atoms with Gasteiger partial charge in [-0.05, 0) is 43.0 Å². The second-order valence-electron chi connectivity index (χ2n) is 9.97. The Morgan fingerprint density at radius 2 is 1.83 bits per heavy atom. The molecule has 0 radical (unpaired) electrons. The first-order valence-electron chi connectivity index (χ1n) is 14.3. The summed E-state index contributed by atoms with van der Waals surface area (Å²) in [6, 6.07) is 9.42. The number of fused-ring (bicyclic) bond motifs is 2. The first-order chi connectivity index (χ1) is 20.5. The summed E-state index contributed by atoms with van der Waals surface area (Å²) >= 11 is 0. The van der Waals surface area contributed by atoms with E-state index in [1.165, 1.54) is 15.7 Å². The van der Waals surface area contributed by atoms with Crippen LogP contribution in [0, 0.1) is 11.8 Å². The van der Waals surface area contributed by atoms with Crippen molar-refractivity contribution in [3.8, 4) is 11.8 Å². The molecule has 0 amide bonds. The molecule has 2 N–H and O–H groups in total. The molecular formula is C31H35N9O2. The maximum atomic E-state index is 14.3. The standard InChI is InChI=1S/C29H29N9O2.C2H6/c1-2-3-12-36-26-25(34-29(36)35-11-5-7-23(30)18-35)27(39)37(17-21-6-4-10-31-14-21)38(28(26)40)16-20-8-9-22-15-32-19-33-24(22)13-20;1-2/h4,6,8-10,13-15,19,23H,5,7,11-12,16-18,30H2,1H3;1-2H3. The van der Waals surface area contributed by atoms with Gasteiger partial charge in [-0.15, -0.1) is 5.92 Å². The number of hydrogen-bond donors (Lipinski definition) is 1. The van der Waals surface area contributed by atoms with Gasteiger partial charge in [0.15, 0.2) is 5.52 Å². The van der Waals surface area contributed by atoms with Crippen molar-refractivity contribution in [1.29, 1.82) is 0 Å². The van der Waals surface area contributed by atoms with Crippen LogP contribution < -0.4 is 21.8 Å². The Morgan fingerprint density at radius 3 is 2.60 bits per heavy atom. The normalized spacial score (nSPS) is 14.8. The molecule has 1 fully saturated rings. The third-order valence-corrected chi connectivity index (χ3v) is 7.23. The first kappa shape index (κ1) is 28.7. The Balaban J connectivity index is 0.00000173. The van der Waals surface area contributed by atoms with Crippen LogP contribution in [0.3, 0.4) is 0 Å².